The minimum absolute atomic E-state index is 0.147. The van der Waals surface area contributed by atoms with Crippen LogP contribution in [-0.4, -0.2) is 9.13 Å². The van der Waals surface area contributed by atoms with Crippen LogP contribution in [0.3, 0.4) is 0 Å². The van der Waals surface area contributed by atoms with Gasteiger partial charge in [-0.3, -0.25) is 9.36 Å². The van der Waals surface area contributed by atoms with Gasteiger partial charge in [-0.1, -0.05) is 5.92 Å². The molecule has 4 nitrogen and oxygen atoms in total. The average molecular weight is 294 g/mol. The van der Waals surface area contributed by atoms with Crippen molar-refractivity contribution in [1.29, 1.82) is 0 Å². The van der Waals surface area contributed by atoms with Crippen LogP contribution in [0.4, 0.5) is 13.2 Å². The maximum Gasteiger partial charge on any atom is 0.431 e. The van der Waals surface area contributed by atoms with Crippen molar-refractivity contribution < 1.29 is 13.2 Å². The molecule has 0 aliphatic rings. The summed E-state index contributed by atoms with van der Waals surface area (Å²) in [6, 6.07) is 6.14. The maximum absolute atomic E-state index is 12.7. The largest absolute Gasteiger partial charge is 0.431 e. The standard InChI is InChI=1S/C14H9F3N2O2/c1-3-9-4-6-10(7-5-9)19-12(20)8-11(14(15,16)17)18(2)13(19)21/h1,4-8H,2H3. The van der Waals surface area contributed by atoms with Gasteiger partial charge < -0.3 is 0 Å². The summed E-state index contributed by atoms with van der Waals surface area (Å²) in [5.41, 5.74) is -2.76. The van der Waals surface area contributed by atoms with Crippen molar-refractivity contribution in [1.82, 2.24) is 9.13 Å². The Kier molecular flexibility index (Phi) is 3.47. The van der Waals surface area contributed by atoms with Gasteiger partial charge in [-0.15, -0.1) is 6.42 Å². The molecule has 0 atom stereocenters. The fourth-order valence-electron chi connectivity index (χ4n) is 1.84. The van der Waals surface area contributed by atoms with Crippen LogP contribution in [0.2, 0.25) is 0 Å². The van der Waals surface area contributed by atoms with E-state index in [1.807, 2.05) is 0 Å². The molecule has 21 heavy (non-hydrogen) atoms. The summed E-state index contributed by atoms with van der Waals surface area (Å²) in [6.45, 7) is 0. The van der Waals surface area contributed by atoms with Gasteiger partial charge in [-0.25, -0.2) is 9.36 Å². The van der Waals surface area contributed by atoms with E-state index in [2.05, 4.69) is 5.92 Å². The van der Waals surface area contributed by atoms with Crippen LogP contribution in [0.15, 0.2) is 39.9 Å². The Morgan fingerprint density at radius 2 is 1.71 bits per heavy atom. The predicted molar refractivity (Wildman–Crippen MR) is 70.2 cm³/mol. The lowest BCUT2D eigenvalue weighted by molar-refractivity contribution is -0.144. The minimum Gasteiger partial charge on any atom is -0.292 e. The Morgan fingerprint density at radius 1 is 1.14 bits per heavy atom. The Hall–Kier alpha value is -2.75. The lowest BCUT2D eigenvalue weighted by Crippen LogP contribution is -2.40. The molecular formula is C14H9F3N2O2. The van der Waals surface area contributed by atoms with E-state index in [4.69, 9.17) is 6.42 Å². The Morgan fingerprint density at radius 3 is 2.19 bits per heavy atom. The maximum atomic E-state index is 12.7. The highest BCUT2D eigenvalue weighted by atomic mass is 19.4. The van der Waals surface area contributed by atoms with Gasteiger partial charge in [0.1, 0.15) is 5.69 Å². The van der Waals surface area contributed by atoms with Gasteiger partial charge in [0.25, 0.3) is 5.56 Å². The van der Waals surface area contributed by atoms with Gasteiger partial charge in [-0.05, 0) is 24.3 Å². The molecule has 0 radical (unpaired) electrons. The molecule has 1 heterocycles. The molecule has 0 aliphatic heterocycles. The molecular weight excluding hydrogens is 285 g/mol. The minimum atomic E-state index is -4.78. The molecule has 108 valence electrons. The van der Waals surface area contributed by atoms with Crippen molar-refractivity contribution in [2.45, 2.75) is 6.18 Å². The molecule has 0 aliphatic carbocycles. The number of terminal acetylenes is 1. The molecule has 7 heteroatoms. The quantitative estimate of drug-likeness (QED) is 0.749. The molecule has 0 spiro atoms. The number of hydrogen-bond donors (Lipinski definition) is 0. The second-order valence-electron chi connectivity index (χ2n) is 4.23. The van der Waals surface area contributed by atoms with E-state index in [1.165, 1.54) is 24.3 Å². The number of halogens is 3. The van der Waals surface area contributed by atoms with Crippen molar-refractivity contribution in [3.8, 4) is 18.0 Å². The first-order chi connectivity index (χ1) is 9.75. The van der Waals surface area contributed by atoms with Crippen LogP contribution in [0, 0.1) is 12.3 Å². The zero-order valence-electron chi connectivity index (χ0n) is 10.8. The molecule has 1 aromatic carbocycles. The van der Waals surface area contributed by atoms with Crippen molar-refractivity contribution in [2.24, 2.45) is 7.05 Å². The monoisotopic (exact) mass is 294 g/mol. The first-order valence-corrected chi connectivity index (χ1v) is 5.73. The highest BCUT2D eigenvalue weighted by Gasteiger charge is 2.35. The molecule has 0 saturated carbocycles. The molecule has 0 unspecified atom stereocenters. The Bertz CT molecular complexity index is 837. The second-order valence-corrected chi connectivity index (χ2v) is 4.23. The summed E-state index contributed by atoms with van der Waals surface area (Å²) in [5, 5.41) is 0. The summed E-state index contributed by atoms with van der Waals surface area (Å²) in [7, 11) is 0.955. The van der Waals surface area contributed by atoms with Crippen molar-refractivity contribution in [3.63, 3.8) is 0 Å². The normalized spacial score (nSPS) is 11.2. The molecule has 2 aromatic rings. The first kappa shape index (κ1) is 14.7. The number of aromatic nitrogens is 2. The predicted octanol–water partition coefficient (Wildman–Crippen LogP) is 1.54. The molecule has 0 bridgehead atoms. The average Bonchev–Trinajstić information content (AvgIpc) is 2.42. The third kappa shape index (κ3) is 2.60. The number of hydrogen-bond acceptors (Lipinski definition) is 2. The van der Waals surface area contributed by atoms with E-state index < -0.39 is 23.1 Å². The third-order valence-corrected chi connectivity index (χ3v) is 2.90. The van der Waals surface area contributed by atoms with Crippen molar-refractivity contribution in [3.05, 3.63) is 62.4 Å². The first-order valence-electron chi connectivity index (χ1n) is 5.73. The fraction of sp³-hybridized carbons (Fsp3) is 0.143. The topological polar surface area (TPSA) is 44.0 Å². The van der Waals surface area contributed by atoms with E-state index in [-0.39, 0.29) is 5.69 Å². The zero-order valence-corrected chi connectivity index (χ0v) is 10.8. The molecule has 0 saturated heterocycles. The Balaban J connectivity index is 2.72. The summed E-state index contributed by atoms with van der Waals surface area (Å²) >= 11 is 0. The molecule has 0 fully saturated rings. The van der Waals surface area contributed by atoms with Crippen molar-refractivity contribution >= 4 is 0 Å². The number of nitrogens with zero attached hydrogens (tertiary/aromatic N) is 2. The summed E-state index contributed by atoms with van der Waals surface area (Å²) in [5.74, 6) is 2.36. The fourth-order valence-corrected chi connectivity index (χ4v) is 1.84. The van der Waals surface area contributed by atoms with Gasteiger partial charge in [0.15, 0.2) is 0 Å². The van der Waals surface area contributed by atoms with Crippen LogP contribution in [0.25, 0.3) is 5.69 Å². The SMILES string of the molecule is C#Cc1ccc(-n2c(=O)cc(C(F)(F)F)n(C)c2=O)cc1. The van der Waals surface area contributed by atoms with E-state index in [9.17, 15) is 22.8 Å². The highest BCUT2D eigenvalue weighted by molar-refractivity contribution is 5.40. The summed E-state index contributed by atoms with van der Waals surface area (Å²) in [4.78, 5) is 23.8. The number of benzene rings is 1. The molecule has 0 amide bonds. The Labute approximate surface area is 117 Å². The van der Waals surface area contributed by atoms with Crippen LogP contribution in [0.5, 0.6) is 0 Å². The summed E-state index contributed by atoms with van der Waals surface area (Å²) < 4.78 is 39.2. The van der Waals surface area contributed by atoms with Crippen LogP contribution in [-0.2, 0) is 13.2 Å². The van der Waals surface area contributed by atoms with Crippen molar-refractivity contribution in [2.75, 3.05) is 0 Å². The highest BCUT2D eigenvalue weighted by Crippen LogP contribution is 2.26. The number of rotatable bonds is 1. The van der Waals surface area contributed by atoms with E-state index in [1.54, 1.807) is 0 Å². The van der Waals surface area contributed by atoms with E-state index in [0.29, 0.717) is 20.8 Å². The smallest absolute Gasteiger partial charge is 0.292 e. The third-order valence-electron chi connectivity index (χ3n) is 2.90. The molecule has 2 rings (SSSR count). The molecule has 0 N–H and O–H groups in total. The van der Waals surface area contributed by atoms with Gasteiger partial charge in [-0.2, -0.15) is 13.2 Å². The lowest BCUT2D eigenvalue weighted by Gasteiger charge is -2.13. The zero-order chi connectivity index (χ0) is 15.8. The van der Waals surface area contributed by atoms with Gasteiger partial charge in [0.2, 0.25) is 0 Å². The molecule has 1 aromatic heterocycles. The number of alkyl halides is 3. The van der Waals surface area contributed by atoms with Crippen LogP contribution in [0.1, 0.15) is 11.3 Å². The van der Waals surface area contributed by atoms with Crippen LogP contribution >= 0.6 is 0 Å². The second kappa shape index (κ2) is 4.98. The van der Waals surface area contributed by atoms with Crippen LogP contribution < -0.4 is 11.2 Å². The van der Waals surface area contributed by atoms with Gasteiger partial charge in [0, 0.05) is 18.7 Å². The van der Waals surface area contributed by atoms with Gasteiger partial charge >= 0.3 is 11.9 Å². The lowest BCUT2D eigenvalue weighted by atomic mass is 10.2. The van der Waals surface area contributed by atoms with Gasteiger partial charge in [0.05, 0.1) is 5.69 Å². The van der Waals surface area contributed by atoms with E-state index in [0.717, 1.165) is 7.05 Å². The van der Waals surface area contributed by atoms with E-state index >= 15 is 0 Å². The summed E-state index contributed by atoms with van der Waals surface area (Å²) in [6.07, 6.45) is 0.403.